The number of carbonyl (C=O) groups is 1. The molecular weight excluding hydrogens is 423 g/mol. The first-order valence-electron chi connectivity index (χ1n) is 8.47. The fourth-order valence-corrected chi connectivity index (χ4v) is 3.54. The highest BCUT2D eigenvalue weighted by Crippen LogP contribution is 2.23. The molecule has 0 bridgehead atoms. The molecule has 0 aliphatic heterocycles. The van der Waals surface area contributed by atoms with Crippen LogP contribution in [0.1, 0.15) is 11.1 Å². The van der Waals surface area contributed by atoms with Crippen molar-refractivity contribution in [2.45, 2.75) is 13.0 Å². The molecule has 0 spiro atoms. The highest BCUT2D eigenvalue weighted by molar-refractivity contribution is 7.88. The average Bonchev–Trinajstić information content (AvgIpc) is 2.64. The fraction of sp³-hybridized carbons (Fsp3) is 0.316. The number of ether oxygens (including phenoxy) is 1. The SMILES string of the molecule is COc1ccc(CCNC(=O)CN(Cc2ccc(Cl)c(Cl)c2)S(C)(=O)=O)cc1. The Hall–Kier alpha value is -1.80. The van der Waals surface area contributed by atoms with Crippen LogP contribution >= 0.6 is 23.2 Å². The van der Waals surface area contributed by atoms with Crippen molar-refractivity contribution in [3.63, 3.8) is 0 Å². The summed E-state index contributed by atoms with van der Waals surface area (Å²) < 4.78 is 30.3. The molecule has 0 heterocycles. The Labute approximate surface area is 175 Å². The van der Waals surface area contributed by atoms with E-state index in [0.29, 0.717) is 28.6 Å². The lowest BCUT2D eigenvalue weighted by atomic mass is 10.1. The Balaban J connectivity index is 1.92. The number of sulfonamides is 1. The maximum Gasteiger partial charge on any atom is 0.235 e. The normalized spacial score (nSPS) is 11.5. The minimum atomic E-state index is -3.58. The van der Waals surface area contributed by atoms with Crippen LogP contribution in [0, 0.1) is 0 Å². The second-order valence-corrected chi connectivity index (χ2v) is 9.02. The van der Waals surface area contributed by atoms with E-state index in [0.717, 1.165) is 21.9 Å². The molecule has 28 heavy (non-hydrogen) atoms. The number of hydrogen-bond acceptors (Lipinski definition) is 4. The summed E-state index contributed by atoms with van der Waals surface area (Å²) in [5.74, 6) is 0.387. The summed E-state index contributed by atoms with van der Waals surface area (Å²) in [7, 11) is -1.99. The molecule has 0 aliphatic rings. The molecule has 0 aromatic heterocycles. The van der Waals surface area contributed by atoms with Gasteiger partial charge in [0.15, 0.2) is 0 Å². The predicted octanol–water partition coefficient (Wildman–Crippen LogP) is 3.12. The summed E-state index contributed by atoms with van der Waals surface area (Å²) in [4.78, 5) is 12.2. The van der Waals surface area contributed by atoms with Crippen molar-refractivity contribution in [3.8, 4) is 5.75 Å². The minimum Gasteiger partial charge on any atom is -0.497 e. The van der Waals surface area contributed by atoms with E-state index in [4.69, 9.17) is 27.9 Å². The summed E-state index contributed by atoms with van der Waals surface area (Å²) in [5, 5.41) is 3.46. The zero-order valence-corrected chi connectivity index (χ0v) is 17.9. The van der Waals surface area contributed by atoms with E-state index in [1.54, 1.807) is 25.3 Å². The molecule has 0 radical (unpaired) electrons. The van der Waals surface area contributed by atoms with Gasteiger partial charge in [-0.1, -0.05) is 41.4 Å². The summed E-state index contributed by atoms with van der Waals surface area (Å²) >= 11 is 11.9. The molecule has 0 unspecified atom stereocenters. The van der Waals surface area contributed by atoms with Gasteiger partial charge in [0.2, 0.25) is 15.9 Å². The third-order valence-electron chi connectivity index (χ3n) is 4.03. The van der Waals surface area contributed by atoms with E-state index in [1.165, 1.54) is 0 Å². The second kappa shape index (κ2) is 10.1. The highest BCUT2D eigenvalue weighted by atomic mass is 35.5. The van der Waals surface area contributed by atoms with Gasteiger partial charge in [-0.05, 0) is 41.8 Å². The molecule has 9 heteroatoms. The first-order chi connectivity index (χ1) is 13.2. The Morgan fingerprint density at radius 2 is 1.71 bits per heavy atom. The lowest BCUT2D eigenvalue weighted by Crippen LogP contribution is -2.40. The number of nitrogens with one attached hydrogen (secondary N) is 1. The molecule has 2 aromatic carbocycles. The van der Waals surface area contributed by atoms with Gasteiger partial charge in [0.1, 0.15) is 5.75 Å². The number of amides is 1. The number of nitrogens with zero attached hydrogens (tertiary/aromatic N) is 1. The lowest BCUT2D eigenvalue weighted by Gasteiger charge is -2.20. The molecule has 152 valence electrons. The van der Waals surface area contributed by atoms with Gasteiger partial charge in [-0.2, -0.15) is 4.31 Å². The van der Waals surface area contributed by atoms with Crippen LogP contribution in [0.4, 0.5) is 0 Å². The Kier molecular flexibility index (Phi) is 8.12. The summed E-state index contributed by atoms with van der Waals surface area (Å²) in [6.07, 6.45) is 1.69. The Morgan fingerprint density at radius 1 is 1.07 bits per heavy atom. The number of rotatable bonds is 9. The van der Waals surface area contributed by atoms with E-state index in [2.05, 4.69) is 5.32 Å². The maximum absolute atomic E-state index is 12.2. The fourth-order valence-electron chi connectivity index (χ4n) is 2.49. The highest BCUT2D eigenvalue weighted by Gasteiger charge is 2.20. The van der Waals surface area contributed by atoms with E-state index in [1.807, 2.05) is 24.3 Å². The largest absolute Gasteiger partial charge is 0.497 e. The van der Waals surface area contributed by atoms with Crippen molar-refractivity contribution in [1.29, 1.82) is 0 Å². The van der Waals surface area contributed by atoms with Crippen LogP contribution < -0.4 is 10.1 Å². The zero-order chi connectivity index (χ0) is 20.7. The molecule has 2 rings (SSSR count). The van der Waals surface area contributed by atoms with Crippen LogP contribution in [0.2, 0.25) is 10.0 Å². The molecule has 1 N–H and O–H groups in total. The zero-order valence-electron chi connectivity index (χ0n) is 15.6. The van der Waals surface area contributed by atoms with Crippen molar-refractivity contribution in [1.82, 2.24) is 9.62 Å². The van der Waals surface area contributed by atoms with Gasteiger partial charge >= 0.3 is 0 Å². The van der Waals surface area contributed by atoms with Gasteiger partial charge in [0.25, 0.3) is 0 Å². The number of benzene rings is 2. The van der Waals surface area contributed by atoms with Crippen molar-refractivity contribution < 1.29 is 17.9 Å². The monoisotopic (exact) mass is 444 g/mol. The molecule has 6 nitrogen and oxygen atoms in total. The second-order valence-electron chi connectivity index (χ2n) is 6.23. The smallest absolute Gasteiger partial charge is 0.235 e. The van der Waals surface area contributed by atoms with Gasteiger partial charge in [-0.3, -0.25) is 4.79 Å². The van der Waals surface area contributed by atoms with Crippen molar-refractivity contribution in [3.05, 3.63) is 63.6 Å². The molecule has 1 amide bonds. The van der Waals surface area contributed by atoms with Crippen LogP contribution in [0.5, 0.6) is 5.75 Å². The number of carbonyl (C=O) groups excluding carboxylic acids is 1. The molecule has 0 saturated carbocycles. The molecule has 0 atom stereocenters. The van der Waals surface area contributed by atoms with Gasteiger partial charge in [-0.25, -0.2) is 8.42 Å². The predicted molar refractivity (Wildman–Crippen MR) is 111 cm³/mol. The van der Waals surface area contributed by atoms with Gasteiger partial charge in [0, 0.05) is 13.1 Å². The van der Waals surface area contributed by atoms with Crippen molar-refractivity contribution in [2.75, 3.05) is 26.5 Å². The molecule has 0 fully saturated rings. The van der Waals surface area contributed by atoms with Gasteiger partial charge < -0.3 is 10.1 Å². The van der Waals surface area contributed by atoms with Crippen LogP contribution in [0.15, 0.2) is 42.5 Å². The summed E-state index contributed by atoms with van der Waals surface area (Å²) in [6.45, 7) is 0.152. The minimum absolute atomic E-state index is 0.0294. The first kappa shape index (κ1) is 22.5. The number of hydrogen-bond donors (Lipinski definition) is 1. The number of halogens is 2. The standard InChI is InChI=1S/C19H22Cl2N2O4S/c1-27-16-6-3-14(4-7-16)9-10-22-19(24)13-23(28(2,25)26)12-15-5-8-17(20)18(21)11-15/h3-8,11H,9-10,12-13H2,1-2H3,(H,22,24). The van der Waals surface area contributed by atoms with E-state index in [9.17, 15) is 13.2 Å². The van der Waals surface area contributed by atoms with Crippen molar-refractivity contribution >= 4 is 39.1 Å². The van der Waals surface area contributed by atoms with Crippen LogP contribution in [0.25, 0.3) is 0 Å². The van der Waals surface area contributed by atoms with Crippen LogP contribution in [0.3, 0.4) is 0 Å². The first-order valence-corrected chi connectivity index (χ1v) is 11.1. The molecule has 2 aromatic rings. The van der Waals surface area contributed by atoms with E-state index >= 15 is 0 Å². The average molecular weight is 445 g/mol. The summed E-state index contributed by atoms with van der Waals surface area (Å²) in [6, 6.07) is 12.4. The van der Waals surface area contributed by atoms with E-state index in [-0.39, 0.29) is 19.0 Å². The third kappa shape index (κ3) is 6.98. The quantitative estimate of drug-likeness (QED) is 0.644. The lowest BCUT2D eigenvalue weighted by molar-refractivity contribution is -0.121. The topological polar surface area (TPSA) is 75.7 Å². The van der Waals surface area contributed by atoms with Gasteiger partial charge in [0.05, 0.1) is 30.0 Å². The summed E-state index contributed by atoms with van der Waals surface area (Å²) in [5.41, 5.74) is 1.68. The van der Waals surface area contributed by atoms with Crippen molar-refractivity contribution in [2.24, 2.45) is 0 Å². The molecular formula is C19H22Cl2N2O4S. The maximum atomic E-state index is 12.2. The Bertz CT molecular complexity index is 918. The number of methoxy groups -OCH3 is 1. The van der Waals surface area contributed by atoms with Gasteiger partial charge in [-0.15, -0.1) is 0 Å². The van der Waals surface area contributed by atoms with Crippen LogP contribution in [-0.2, 0) is 27.8 Å². The van der Waals surface area contributed by atoms with E-state index < -0.39 is 10.0 Å². The third-order valence-corrected chi connectivity index (χ3v) is 5.96. The Morgan fingerprint density at radius 3 is 2.29 bits per heavy atom. The van der Waals surface area contributed by atoms with Crippen LogP contribution in [-0.4, -0.2) is 45.1 Å². The molecule has 0 saturated heterocycles. The molecule has 0 aliphatic carbocycles.